The second-order valence-corrected chi connectivity index (χ2v) is 6.51. The molecule has 3 nitrogen and oxygen atoms in total. The molecular weight excluding hydrogens is 366 g/mol. The molecule has 9 heteroatoms. The standard InChI is InChI=1S/C15H10ClF4N3S/c16-11-5-8(15(18,19)20)7-21-14(11)23-22-12-3-4-24-13-2-1-9(17)6-10(12)13/h1-2,5-7H,3-4H2,(H,21,23)/b22-12-. The van der Waals surface area contributed by atoms with Crippen molar-refractivity contribution in [3.05, 3.63) is 52.4 Å². The molecule has 0 fully saturated rings. The van der Waals surface area contributed by atoms with Crippen molar-refractivity contribution >= 4 is 34.9 Å². The van der Waals surface area contributed by atoms with Crippen molar-refractivity contribution < 1.29 is 17.6 Å². The summed E-state index contributed by atoms with van der Waals surface area (Å²) in [4.78, 5) is 4.55. The molecule has 0 saturated heterocycles. The minimum absolute atomic E-state index is 0.00773. The largest absolute Gasteiger partial charge is 0.417 e. The van der Waals surface area contributed by atoms with E-state index in [1.807, 2.05) is 0 Å². The van der Waals surface area contributed by atoms with Crippen LogP contribution in [-0.4, -0.2) is 16.4 Å². The number of nitrogens with one attached hydrogen (secondary N) is 1. The van der Waals surface area contributed by atoms with Crippen LogP contribution >= 0.6 is 23.4 Å². The first-order valence-corrected chi connectivity index (χ1v) is 8.19. The van der Waals surface area contributed by atoms with Gasteiger partial charge in [0.05, 0.1) is 16.3 Å². The van der Waals surface area contributed by atoms with Crippen LogP contribution in [-0.2, 0) is 6.18 Å². The Morgan fingerprint density at radius 1 is 1.25 bits per heavy atom. The zero-order chi connectivity index (χ0) is 17.3. The van der Waals surface area contributed by atoms with Crippen molar-refractivity contribution in [1.29, 1.82) is 0 Å². The molecule has 0 saturated carbocycles. The summed E-state index contributed by atoms with van der Waals surface area (Å²) in [5.74, 6) is 0.399. The molecule has 0 amide bonds. The second kappa shape index (κ2) is 6.60. The van der Waals surface area contributed by atoms with E-state index in [9.17, 15) is 17.6 Å². The van der Waals surface area contributed by atoms with Crippen LogP contribution in [0.1, 0.15) is 17.5 Å². The van der Waals surface area contributed by atoms with Crippen LogP contribution in [0.15, 0.2) is 40.5 Å². The highest BCUT2D eigenvalue weighted by Crippen LogP contribution is 2.33. The SMILES string of the molecule is Fc1ccc2c(c1)/C(=N\Nc1ncc(C(F)(F)F)cc1Cl)CCS2. The fourth-order valence-corrected chi connectivity index (χ4v) is 3.38. The third-order valence-corrected chi connectivity index (χ3v) is 4.68. The summed E-state index contributed by atoms with van der Waals surface area (Å²) < 4.78 is 51.2. The molecular formula is C15H10ClF4N3S. The molecule has 0 atom stereocenters. The summed E-state index contributed by atoms with van der Waals surface area (Å²) in [7, 11) is 0. The molecule has 2 heterocycles. The molecule has 1 aliphatic rings. The summed E-state index contributed by atoms with van der Waals surface area (Å²) >= 11 is 7.41. The van der Waals surface area contributed by atoms with Crippen molar-refractivity contribution in [2.75, 3.05) is 11.2 Å². The van der Waals surface area contributed by atoms with E-state index in [0.717, 1.165) is 16.7 Å². The van der Waals surface area contributed by atoms with Gasteiger partial charge in [0.1, 0.15) is 5.82 Å². The summed E-state index contributed by atoms with van der Waals surface area (Å²) in [6.07, 6.45) is -3.25. The number of thioether (sulfide) groups is 1. The van der Waals surface area contributed by atoms with Gasteiger partial charge in [-0.05, 0) is 24.3 Å². The second-order valence-electron chi connectivity index (χ2n) is 4.96. The van der Waals surface area contributed by atoms with Crippen LogP contribution in [0.2, 0.25) is 5.02 Å². The Bertz CT molecular complexity index is 808. The van der Waals surface area contributed by atoms with Gasteiger partial charge in [0.2, 0.25) is 0 Å². The van der Waals surface area contributed by atoms with Crippen molar-refractivity contribution in [1.82, 2.24) is 4.98 Å². The lowest BCUT2D eigenvalue weighted by atomic mass is 10.1. The number of hydrazone groups is 1. The average molecular weight is 376 g/mol. The zero-order valence-electron chi connectivity index (χ0n) is 12.0. The molecule has 1 aliphatic heterocycles. The van der Waals surface area contributed by atoms with E-state index >= 15 is 0 Å². The molecule has 0 aliphatic carbocycles. The Labute approximate surface area is 144 Å². The van der Waals surface area contributed by atoms with Gasteiger partial charge in [0.25, 0.3) is 0 Å². The summed E-state index contributed by atoms with van der Waals surface area (Å²) in [5, 5.41) is 3.95. The highest BCUT2D eigenvalue weighted by Gasteiger charge is 2.31. The summed E-state index contributed by atoms with van der Waals surface area (Å²) in [6, 6.07) is 5.20. The number of anilines is 1. The number of aromatic nitrogens is 1. The predicted molar refractivity (Wildman–Crippen MR) is 86.1 cm³/mol. The zero-order valence-corrected chi connectivity index (χ0v) is 13.6. The number of benzene rings is 1. The minimum Gasteiger partial charge on any atom is -0.260 e. The van der Waals surface area contributed by atoms with Crippen molar-refractivity contribution in [3.63, 3.8) is 0 Å². The average Bonchev–Trinajstić information content (AvgIpc) is 2.52. The molecule has 1 aromatic carbocycles. The van der Waals surface area contributed by atoms with Gasteiger partial charge in [0.15, 0.2) is 5.82 Å². The van der Waals surface area contributed by atoms with Crippen LogP contribution in [0.5, 0.6) is 0 Å². The van der Waals surface area contributed by atoms with Gasteiger partial charge in [-0.15, -0.1) is 11.8 Å². The molecule has 126 valence electrons. The molecule has 1 N–H and O–H groups in total. The van der Waals surface area contributed by atoms with Crippen LogP contribution in [0.25, 0.3) is 0 Å². The van der Waals surface area contributed by atoms with E-state index in [0.29, 0.717) is 23.9 Å². The first kappa shape index (κ1) is 17.0. The Morgan fingerprint density at radius 3 is 2.75 bits per heavy atom. The maximum Gasteiger partial charge on any atom is 0.417 e. The number of alkyl halides is 3. The van der Waals surface area contributed by atoms with Crippen molar-refractivity contribution in [2.24, 2.45) is 5.10 Å². The fourth-order valence-electron chi connectivity index (χ4n) is 2.16. The van der Waals surface area contributed by atoms with E-state index in [4.69, 9.17) is 11.6 Å². The third-order valence-electron chi connectivity index (χ3n) is 3.31. The van der Waals surface area contributed by atoms with Gasteiger partial charge < -0.3 is 0 Å². The highest BCUT2D eigenvalue weighted by atomic mass is 35.5. The number of rotatable bonds is 2. The Morgan fingerprint density at radius 2 is 2.04 bits per heavy atom. The molecule has 24 heavy (non-hydrogen) atoms. The van der Waals surface area contributed by atoms with Gasteiger partial charge in [-0.25, -0.2) is 9.37 Å². The molecule has 0 radical (unpaired) electrons. The summed E-state index contributed by atoms with van der Waals surface area (Å²) in [5.41, 5.74) is 2.88. The summed E-state index contributed by atoms with van der Waals surface area (Å²) in [6.45, 7) is 0. The van der Waals surface area contributed by atoms with E-state index in [1.54, 1.807) is 17.8 Å². The third kappa shape index (κ3) is 3.64. The van der Waals surface area contributed by atoms with E-state index < -0.39 is 11.7 Å². The van der Waals surface area contributed by atoms with Crippen molar-refractivity contribution in [2.45, 2.75) is 17.5 Å². The van der Waals surface area contributed by atoms with Crippen LogP contribution < -0.4 is 5.43 Å². The fraction of sp³-hybridized carbons (Fsp3) is 0.200. The number of hydrogen-bond acceptors (Lipinski definition) is 4. The number of nitrogens with zero attached hydrogens (tertiary/aromatic N) is 2. The van der Waals surface area contributed by atoms with E-state index in [-0.39, 0.29) is 16.7 Å². The Balaban J connectivity index is 1.86. The van der Waals surface area contributed by atoms with Crippen LogP contribution in [0, 0.1) is 5.82 Å². The van der Waals surface area contributed by atoms with E-state index in [2.05, 4.69) is 15.5 Å². The Hall–Kier alpha value is -1.80. The predicted octanol–water partition coefficient (Wildman–Crippen LogP) is 5.20. The first-order valence-electron chi connectivity index (χ1n) is 6.82. The lowest BCUT2D eigenvalue weighted by Gasteiger charge is -2.17. The van der Waals surface area contributed by atoms with Gasteiger partial charge in [-0.1, -0.05) is 11.6 Å². The highest BCUT2D eigenvalue weighted by molar-refractivity contribution is 7.99. The maximum absolute atomic E-state index is 13.4. The normalized spacial score (nSPS) is 16.1. The monoisotopic (exact) mass is 375 g/mol. The number of hydrogen-bond donors (Lipinski definition) is 1. The van der Waals surface area contributed by atoms with Crippen LogP contribution in [0.3, 0.4) is 0 Å². The molecule has 0 unspecified atom stereocenters. The maximum atomic E-state index is 13.4. The van der Waals surface area contributed by atoms with Gasteiger partial charge in [0, 0.05) is 28.8 Å². The van der Waals surface area contributed by atoms with E-state index in [1.165, 1.54) is 12.1 Å². The molecule has 0 bridgehead atoms. The number of halogens is 5. The number of fused-ring (bicyclic) bond motifs is 1. The molecule has 3 rings (SSSR count). The van der Waals surface area contributed by atoms with Gasteiger partial charge in [-0.3, -0.25) is 5.43 Å². The van der Waals surface area contributed by atoms with Gasteiger partial charge >= 0.3 is 6.18 Å². The quantitative estimate of drug-likeness (QED) is 0.578. The Kier molecular flexibility index (Phi) is 4.69. The lowest BCUT2D eigenvalue weighted by Crippen LogP contribution is -2.13. The van der Waals surface area contributed by atoms with Crippen LogP contribution in [0.4, 0.5) is 23.4 Å². The smallest absolute Gasteiger partial charge is 0.260 e. The van der Waals surface area contributed by atoms with Gasteiger partial charge in [-0.2, -0.15) is 18.3 Å². The first-order chi connectivity index (χ1) is 11.3. The van der Waals surface area contributed by atoms with Crippen molar-refractivity contribution in [3.8, 4) is 0 Å². The number of pyridine rings is 1. The lowest BCUT2D eigenvalue weighted by molar-refractivity contribution is -0.137. The molecule has 1 aromatic heterocycles. The minimum atomic E-state index is -4.52. The topological polar surface area (TPSA) is 37.3 Å². The molecule has 0 spiro atoms. The molecule has 2 aromatic rings.